The Morgan fingerprint density at radius 3 is 1.29 bits per heavy atom. The summed E-state index contributed by atoms with van der Waals surface area (Å²) in [6, 6.07) is 54.1. The molecule has 0 aliphatic heterocycles. The maximum absolute atomic E-state index is 5.05. The van der Waals surface area contributed by atoms with E-state index in [2.05, 4.69) is 82.8 Å². The van der Waals surface area contributed by atoms with Crippen molar-refractivity contribution in [1.82, 2.24) is 24.9 Å². The van der Waals surface area contributed by atoms with Crippen LogP contribution in [0.2, 0.25) is 0 Å². The largest absolute Gasteiger partial charge is 0.262 e. The lowest BCUT2D eigenvalue weighted by Crippen LogP contribution is -2.00. The first kappa shape index (κ1) is 29.8. The second kappa shape index (κ2) is 13.3. The first-order valence-electron chi connectivity index (χ1n) is 16.2. The van der Waals surface area contributed by atoms with Gasteiger partial charge in [-0.05, 0) is 82.8 Å². The predicted octanol–water partition coefficient (Wildman–Crippen LogP) is 10.6. The van der Waals surface area contributed by atoms with E-state index >= 15 is 0 Å². The molecular formula is C44H31N5. The fourth-order valence-corrected chi connectivity index (χ4v) is 5.97. The topological polar surface area (TPSA) is 64.5 Å². The lowest BCUT2D eigenvalue weighted by molar-refractivity contribution is 1.07. The Labute approximate surface area is 285 Å². The summed E-state index contributed by atoms with van der Waals surface area (Å²) < 4.78 is 0. The molecule has 0 fully saturated rings. The molecule has 0 unspecified atom stereocenters. The molecule has 0 aliphatic rings. The van der Waals surface area contributed by atoms with Crippen LogP contribution in [0.1, 0.15) is 5.69 Å². The van der Waals surface area contributed by atoms with Gasteiger partial charge in [0.15, 0.2) is 17.5 Å². The van der Waals surface area contributed by atoms with Crippen LogP contribution in [0.3, 0.4) is 0 Å². The van der Waals surface area contributed by atoms with E-state index in [9.17, 15) is 0 Å². The van der Waals surface area contributed by atoms with Gasteiger partial charge < -0.3 is 0 Å². The van der Waals surface area contributed by atoms with Crippen molar-refractivity contribution in [3.63, 3.8) is 0 Å². The molecule has 3 aromatic heterocycles. The van der Waals surface area contributed by atoms with Gasteiger partial charge in [-0.3, -0.25) is 9.97 Å². The summed E-state index contributed by atoms with van der Waals surface area (Å²) in [5, 5.41) is 0. The predicted molar refractivity (Wildman–Crippen MR) is 198 cm³/mol. The highest BCUT2D eigenvalue weighted by Crippen LogP contribution is 2.35. The van der Waals surface area contributed by atoms with Gasteiger partial charge in [0.2, 0.25) is 0 Å². The average molecular weight is 630 g/mol. The van der Waals surface area contributed by atoms with Gasteiger partial charge in [-0.15, -0.1) is 0 Å². The first-order chi connectivity index (χ1) is 24.2. The van der Waals surface area contributed by atoms with Crippen LogP contribution < -0.4 is 0 Å². The highest BCUT2D eigenvalue weighted by molar-refractivity contribution is 5.82. The smallest absolute Gasteiger partial charge is 0.164 e. The highest BCUT2D eigenvalue weighted by Gasteiger charge is 2.15. The van der Waals surface area contributed by atoms with Crippen LogP contribution in [0.4, 0.5) is 0 Å². The third-order valence-corrected chi connectivity index (χ3v) is 8.52. The summed E-state index contributed by atoms with van der Waals surface area (Å²) in [7, 11) is 0. The monoisotopic (exact) mass is 629 g/mol. The maximum atomic E-state index is 5.05. The Bertz CT molecular complexity index is 2300. The van der Waals surface area contributed by atoms with E-state index in [1.807, 2.05) is 104 Å². The van der Waals surface area contributed by atoms with E-state index in [1.165, 1.54) is 0 Å². The number of pyridine rings is 2. The van der Waals surface area contributed by atoms with Crippen LogP contribution in [0.25, 0.3) is 78.8 Å². The van der Waals surface area contributed by atoms with Crippen LogP contribution in [0.5, 0.6) is 0 Å². The van der Waals surface area contributed by atoms with Crippen LogP contribution >= 0.6 is 0 Å². The third kappa shape index (κ3) is 6.51. The normalized spacial score (nSPS) is 11.0. The average Bonchev–Trinajstić information content (AvgIpc) is 3.19. The zero-order valence-electron chi connectivity index (χ0n) is 26.9. The molecule has 8 aromatic rings. The number of hydrogen-bond acceptors (Lipinski definition) is 5. The van der Waals surface area contributed by atoms with Crippen molar-refractivity contribution < 1.29 is 0 Å². The lowest BCUT2D eigenvalue weighted by atomic mass is 9.94. The van der Waals surface area contributed by atoms with Gasteiger partial charge in [0, 0.05) is 40.3 Å². The Morgan fingerprint density at radius 2 is 0.776 bits per heavy atom. The fraction of sp³-hybridized carbons (Fsp3) is 0.0227. The molecule has 0 atom stereocenters. The minimum Gasteiger partial charge on any atom is -0.262 e. The molecule has 0 N–H and O–H groups in total. The number of benzene rings is 5. The van der Waals surface area contributed by atoms with E-state index in [0.717, 1.165) is 67.0 Å². The van der Waals surface area contributed by atoms with Crippen molar-refractivity contribution in [3.8, 4) is 78.8 Å². The molecule has 5 nitrogen and oxygen atoms in total. The van der Waals surface area contributed by atoms with Crippen LogP contribution in [-0.4, -0.2) is 24.9 Å². The molecule has 0 spiro atoms. The van der Waals surface area contributed by atoms with E-state index < -0.39 is 0 Å². The quantitative estimate of drug-likeness (QED) is 0.175. The molecule has 5 heteroatoms. The molecule has 0 amide bonds. The summed E-state index contributed by atoms with van der Waals surface area (Å²) in [4.78, 5) is 23.9. The highest BCUT2D eigenvalue weighted by atomic mass is 15.0. The minimum atomic E-state index is 0.616. The van der Waals surface area contributed by atoms with E-state index in [4.69, 9.17) is 15.0 Å². The molecule has 0 radical (unpaired) electrons. The molecule has 3 heterocycles. The van der Waals surface area contributed by atoms with Crippen molar-refractivity contribution in [2.45, 2.75) is 6.92 Å². The second-order valence-corrected chi connectivity index (χ2v) is 11.9. The molecule has 0 aliphatic carbocycles. The summed E-state index contributed by atoms with van der Waals surface area (Å²) in [5.41, 5.74) is 12.4. The first-order valence-corrected chi connectivity index (χ1v) is 16.2. The molecule has 0 saturated heterocycles. The van der Waals surface area contributed by atoms with Crippen LogP contribution in [0.15, 0.2) is 170 Å². The van der Waals surface area contributed by atoms with Crippen molar-refractivity contribution in [1.29, 1.82) is 0 Å². The zero-order valence-corrected chi connectivity index (χ0v) is 26.9. The van der Waals surface area contributed by atoms with Crippen molar-refractivity contribution in [2.24, 2.45) is 0 Å². The van der Waals surface area contributed by atoms with Gasteiger partial charge in [0.1, 0.15) is 0 Å². The van der Waals surface area contributed by atoms with Gasteiger partial charge >= 0.3 is 0 Å². The minimum absolute atomic E-state index is 0.616. The van der Waals surface area contributed by atoms with Crippen LogP contribution in [0, 0.1) is 6.92 Å². The number of hydrogen-bond donors (Lipinski definition) is 0. The second-order valence-electron chi connectivity index (χ2n) is 11.9. The molecule has 49 heavy (non-hydrogen) atoms. The lowest BCUT2D eigenvalue weighted by Gasteiger charge is -2.13. The number of rotatable bonds is 7. The summed E-state index contributed by atoms with van der Waals surface area (Å²) in [6.45, 7) is 2.02. The number of nitrogens with zero attached hydrogens (tertiary/aromatic N) is 5. The van der Waals surface area contributed by atoms with Crippen molar-refractivity contribution in [3.05, 3.63) is 176 Å². The van der Waals surface area contributed by atoms with E-state index in [0.29, 0.717) is 17.5 Å². The summed E-state index contributed by atoms with van der Waals surface area (Å²) in [5.74, 6) is 1.88. The zero-order chi connectivity index (χ0) is 33.0. The molecule has 232 valence electrons. The van der Waals surface area contributed by atoms with E-state index in [1.54, 1.807) is 0 Å². The van der Waals surface area contributed by atoms with Gasteiger partial charge in [-0.2, -0.15) is 0 Å². The SMILES string of the molecule is Cc1cc(-c2ccc(-c3cc(-c4ccc(-c5ccccn5)cc4)cc(-c4nc(-c5ccccc5)nc(-c5ccccc5)n4)c3)cc2)ccn1. The number of aromatic nitrogens is 5. The Hall–Kier alpha value is -6.59. The molecule has 8 rings (SSSR count). The third-order valence-electron chi connectivity index (χ3n) is 8.52. The van der Waals surface area contributed by atoms with Gasteiger partial charge in [-0.1, -0.05) is 115 Å². The number of aryl methyl sites for hydroxylation is 1. The summed E-state index contributed by atoms with van der Waals surface area (Å²) >= 11 is 0. The Morgan fingerprint density at radius 1 is 0.306 bits per heavy atom. The van der Waals surface area contributed by atoms with Crippen molar-refractivity contribution in [2.75, 3.05) is 0 Å². The maximum Gasteiger partial charge on any atom is 0.164 e. The molecule has 0 saturated carbocycles. The van der Waals surface area contributed by atoms with Gasteiger partial charge in [0.05, 0.1) is 5.69 Å². The van der Waals surface area contributed by atoms with E-state index in [-0.39, 0.29) is 0 Å². The fourth-order valence-electron chi connectivity index (χ4n) is 5.97. The molecular weight excluding hydrogens is 599 g/mol. The van der Waals surface area contributed by atoms with Crippen LogP contribution in [-0.2, 0) is 0 Å². The molecule has 0 bridgehead atoms. The Kier molecular flexibility index (Phi) is 8.06. The summed E-state index contributed by atoms with van der Waals surface area (Å²) in [6.07, 6.45) is 3.68. The van der Waals surface area contributed by atoms with Gasteiger partial charge in [0.25, 0.3) is 0 Å². The molecule has 5 aromatic carbocycles. The van der Waals surface area contributed by atoms with Gasteiger partial charge in [-0.25, -0.2) is 15.0 Å². The van der Waals surface area contributed by atoms with Crippen molar-refractivity contribution >= 4 is 0 Å². The standard InChI is InChI=1S/C44H31N5/c1-30-26-37(23-25-45-30)31-15-17-32(18-16-31)38-27-39(33-19-21-34(22-20-33)41-14-8-9-24-46-41)29-40(28-38)44-48-42(35-10-4-2-5-11-35)47-43(49-44)36-12-6-3-7-13-36/h2-29H,1H3. The Balaban J connectivity index is 1.27.